The predicted molar refractivity (Wildman–Crippen MR) is 356 cm³/mol. The number of aliphatic hydroxyl groups is 2. The standard InChI is InChI=1S/C75H145NO5/c1-3-5-7-9-11-13-15-17-19-40-43-47-51-55-59-63-67-73(78)72(71-77)76-74(79)68-64-60-56-52-48-44-41-37-35-33-31-29-27-25-23-21-20-22-24-26-28-30-32-34-36-38-42-46-50-54-58-62-66-70-81-75(80)69-65-61-57-53-49-45-39-18-16-14-12-10-8-6-4-2/h18,24,26,39,72-73,77-78H,3-17,19-23,25,27-38,40-71H2,1-2H3,(H,76,79)/b26-24-,39-18-. The summed E-state index contributed by atoms with van der Waals surface area (Å²) in [6.45, 7) is 4.98. The van der Waals surface area contributed by atoms with Gasteiger partial charge < -0.3 is 20.3 Å². The van der Waals surface area contributed by atoms with Crippen molar-refractivity contribution in [1.29, 1.82) is 0 Å². The molecule has 0 radical (unpaired) electrons. The van der Waals surface area contributed by atoms with Gasteiger partial charge >= 0.3 is 5.97 Å². The Bertz CT molecular complexity index is 1270. The number of hydrogen-bond acceptors (Lipinski definition) is 5. The number of nitrogens with one attached hydrogen (secondary N) is 1. The number of aliphatic hydroxyl groups excluding tert-OH is 2. The highest BCUT2D eigenvalue weighted by Gasteiger charge is 2.20. The van der Waals surface area contributed by atoms with Crippen LogP contribution >= 0.6 is 0 Å². The first-order valence-electron chi connectivity index (χ1n) is 37.1. The molecule has 2 unspecified atom stereocenters. The average Bonchev–Trinajstić information content (AvgIpc) is 3.47. The molecule has 0 aromatic heterocycles. The van der Waals surface area contributed by atoms with Gasteiger partial charge in [-0.25, -0.2) is 0 Å². The van der Waals surface area contributed by atoms with E-state index >= 15 is 0 Å². The molecule has 3 N–H and O–H groups in total. The summed E-state index contributed by atoms with van der Waals surface area (Å²) in [6.07, 6.45) is 89.6. The van der Waals surface area contributed by atoms with Crippen LogP contribution in [0, 0.1) is 0 Å². The van der Waals surface area contributed by atoms with E-state index in [1.807, 2.05) is 0 Å². The molecule has 81 heavy (non-hydrogen) atoms. The summed E-state index contributed by atoms with van der Waals surface area (Å²) in [4.78, 5) is 24.6. The molecule has 0 bridgehead atoms. The van der Waals surface area contributed by atoms with Crippen LogP contribution in [0.3, 0.4) is 0 Å². The van der Waals surface area contributed by atoms with Gasteiger partial charge in [-0.2, -0.15) is 0 Å². The Labute approximate surface area is 507 Å². The Morgan fingerprint density at radius 1 is 0.333 bits per heavy atom. The molecule has 0 spiro atoms. The molecule has 0 heterocycles. The minimum absolute atomic E-state index is 0.0115. The van der Waals surface area contributed by atoms with E-state index in [9.17, 15) is 19.8 Å². The van der Waals surface area contributed by atoms with Crippen molar-refractivity contribution in [2.24, 2.45) is 0 Å². The smallest absolute Gasteiger partial charge is 0.305 e. The molecule has 0 fully saturated rings. The highest BCUT2D eigenvalue weighted by atomic mass is 16.5. The number of ether oxygens (including phenoxy) is 1. The van der Waals surface area contributed by atoms with Crippen molar-refractivity contribution in [2.75, 3.05) is 13.2 Å². The minimum atomic E-state index is -0.662. The Balaban J connectivity index is 3.34. The van der Waals surface area contributed by atoms with Crippen LogP contribution < -0.4 is 5.32 Å². The lowest BCUT2D eigenvalue weighted by Crippen LogP contribution is -2.45. The maximum absolute atomic E-state index is 12.5. The molecule has 0 aromatic carbocycles. The molecular formula is C75H145NO5. The summed E-state index contributed by atoms with van der Waals surface area (Å²) in [6, 6.07) is -0.539. The van der Waals surface area contributed by atoms with E-state index in [-0.39, 0.29) is 18.5 Å². The van der Waals surface area contributed by atoms with Crippen molar-refractivity contribution in [2.45, 2.75) is 431 Å². The topological polar surface area (TPSA) is 95.9 Å². The molecule has 0 aromatic rings. The number of allylic oxidation sites excluding steroid dienone is 4. The zero-order valence-corrected chi connectivity index (χ0v) is 55.0. The molecular weight excluding hydrogens is 995 g/mol. The zero-order chi connectivity index (χ0) is 58.5. The molecule has 0 rings (SSSR count). The number of rotatable bonds is 70. The molecule has 0 aliphatic carbocycles. The average molecular weight is 1140 g/mol. The Morgan fingerprint density at radius 2 is 0.580 bits per heavy atom. The molecule has 1 amide bonds. The molecule has 6 nitrogen and oxygen atoms in total. The Hall–Kier alpha value is -1.66. The highest BCUT2D eigenvalue weighted by Crippen LogP contribution is 2.19. The van der Waals surface area contributed by atoms with Gasteiger partial charge in [-0.05, 0) is 77.0 Å². The zero-order valence-electron chi connectivity index (χ0n) is 55.0. The van der Waals surface area contributed by atoms with Gasteiger partial charge in [-0.3, -0.25) is 9.59 Å². The number of hydrogen-bond donors (Lipinski definition) is 3. The van der Waals surface area contributed by atoms with Crippen molar-refractivity contribution < 1.29 is 24.5 Å². The summed E-state index contributed by atoms with van der Waals surface area (Å²) >= 11 is 0. The number of amides is 1. The quantitative estimate of drug-likeness (QED) is 0.0320. The summed E-state index contributed by atoms with van der Waals surface area (Å²) in [5.74, 6) is -0.0168. The minimum Gasteiger partial charge on any atom is -0.466 e. The fourth-order valence-corrected chi connectivity index (χ4v) is 11.8. The summed E-state index contributed by atoms with van der Waals surface area (Å²) in [7, 11) is 0. The molecule has 6 heteroatoms. The van der Waals surface area contributed by atoms with E-state index in [2.05, 4.69) is 43.5 Å². The first-order chi connectivity index (χ1) is 40.0. The van der Waals surface area contributed by atoms with Crippen LogP contribution in [-0.4, -0.2) is 47.4 Å². The maximum atomic E-state index is 12.5. The molecule has 0 aliphatic rings. The molecule has 0 aliphatic heterocycles. The van der Waals surface area contributed by atoms with Crippen LogP contribution in [0.2, 0.25) is 0 Å². The van der Waals surface area contributed by atoms with Crippen molar-refractivity contribution in [3.63, 3.8) is 0 Å². The SMILES string of the molecule is CCCCCCCC/C=C\CCCCCCCC(=O)OCCCCCCCCCCCCCC/C=C\CCCCCCCCCCCCCCCCCCCC(=O)NC(CO)C(O)CCCCCCCCCCCCCCCCCC. The van der Waals surface area contributed by atoms with Gasteiger partial charge in [0.25, 0.3) is 0 Å². The van der Waals surface area contributed by atoms with Crippen LogP contribution in [0.4, 0.5) is 0 Å². The summed E-state index contributed by atoms with van der Waals surface area (Å²) in [5.41, 5.74) is 0. The molecule has 480 valence electrons. The molecule has 0 saturated heterocycles. The molecule has 0 saturated carbocycles. The van der Waals surface area contributed by atoms with E-state index < -0.39 is 12.1 Å². The van der Waals surface area contributed by atoms with Crippen molar-refractivity contribution >= 4 is 11.9 Å². The van der Waals surface area contributed by atoms with E-state index in [4.69, 9.17) is 4.74 Å². The van der Waals surface area contributed by atoms with E-state index in [0.29, 0.717) is 25.9 Å². The van der Waals surface area contributed by atoms with Gasteiger partial charge in [-0.15, -0.1) is 0 Å². The summed E-state index contributed by atoms with van der Waals surface area (Å²) < 4.78 is 5.49. The van der Waals surface area contributed by atoms with Gasteiger partial charge in [0, 0.05) is 12.8 Å². The van der Waals surface area contributed by atoms with Crippen LogP contribution in [0.15, 0.2) is 24.3 Å². The van der Waals surface area contributed by atoms with Gasteiger partial charge in [-0.1, -0.05) is 353 Å². The largest absolute Gasteiger partial charge is 0.466 e. The van der Waals surface area contributed by atoms with Crippen molar-refractivity contribution in [1.82, 2.24) is 5.32 Å². The lowest BCUT2D eigenvalue weighted by Gasteiger charge is -2.22. The second-order valence-corrected chi connectivity index (χ2v) is 25.6. The normalized spacial score (nSPS) is 12.6. The van der Waals surface area contributed by atoms with Crippen LogP contribution in [0.5, 0.6) is 0 Å². The van der Waals surface area contributed by atoms with E-state index in [1.54, 1.807) is 0 Å². The second kappa shape index (κ2) is 70.8. The Morgan fingerprint density at radius 3 is 0.877 bits per heavy atom. The third-order valence-electron chi connectivity index (χ3n) is 17.5. The van der Waals surface area contributed by atoms with E-state index in [0.717, 1.165) is 44.9 Å². The third-order valence-corrected chi connectivity index (χ3v) is 17.5. The van der Waals surface area contributed by atoms with Crippen molar-refractivity contribution in [3.05, 3.63) is 24.3 Å². The predicted octanol–water partition coefficient (Wildman–Crippen LogP) is 24.1. The van der Waals surface area contributed by atoms with Gasteiger partial charge in [0.2, 0.25) is 5.91 Å². The van der Waals surface area contributed by atoms with Crippen LogP contribution in [-0.2, 0) is 14.3 Å². The van der Waals surface area contributed by atoms with Gasteiger partial charge in [0.1, 0.15) is 0 Å². The van der Waals surface area contributed by atoms with E-state index in [1.165, 1.54) is 340 Å². The van der Waals surface area contributed by atoms with Gasteiger partial charge in [0.05, 0.1) is 25.4 Å². The number of carbonyl (C=O) groups excluding carboxylic acids is 2. The van der Waals surface area contributed by atoms with Crippen molar-refractivity contribution in [3.8, 4) is 0 Å². The lowest BCUT2D eigenvalue weighted by atomic mass is 10.0. The lowest BCUT2D eigenvalue weighted by molar-refractivity contribution is -0.143. The first-order valence-corrected chi connectivity index (χ1v) is 37.1. The Kier molecular flexibility index (Phi) is 69.4. The van der Waals surface area contributed by atoms with Crippen LogP contribution in [0.25, 0.3) is 0 Å². The fourth-order valence-electron chi connectivity index (χ4n) is 11.8. The summed E-state index contributed by atoms with van der Waals surface area (Å²) in [5, 5.41) is 23.4. The number of carbonyl (C=O) groups is 2. The monoisotopic (exact) mass is 1140 g/mol. The number of esters is 1. The van der Waals surface area contributed by atoms with Gasteiger partial charge in [0.15, 0.2) is 0 Å². The fraction of sp³-hybridized carbons (Fsp3) is 0.920. The highest BCUT2D eigenvalue weighted by molar-refractivity contribution is 5.76. The third kappa shape index (κ3) is 67.3. The second-order valence-electron chi connectivity index (χ2n) is 25.6. The number of unbranched alkanes of at least 4 members (excludes halogenated alkanes) is 55. The molecule has 2 atom stereocenters. The maximum Gasteiger partial charge on any atom is 0.305 e. The van der Waals surface area contributed by atoms with Crippen LogP contribution in [0.1, 0.15) is 418 Å². The first kappa shape index (κ1) is 79.3.